The molecule has 22 N–H and O–H groups in total. The van der Waals surface area contributed by atoms with Crippen molar-refractivity contribution in [3.8, 4) is 0 Å². The Hall–Kier alpha value is -0.0605. The average Bonchev–Trinajstić information content (AvgIpc) is 1.12. The topological polar surface area (TPSA) is 408 Å². The van der Waals surface area contributed by atoms with Gasteiger partial charge in [-0.2, -0.15) is 16.8 Å². The van der Waals surface area contributed by atoms with E-state index in [9.17, 15) is 0 Å². The van der Waals surface area contributed by atoms with E-state index in [1.54, 1.807) is 0 Å². The summed E-state index contributed by atoms with van der Waals surface area (Å²) in [5, 5.41) is 0. The van der Waals surface area contributed by atoms with Gasteiger partial charge in [-0.05, 0) is 0 Å². The van der Waals surface area contributed by atoms with Gasteiger partial charge in [-0.15, -0.1) is 0 Å². The van der Waals surface area contributed by atoms with Gasteiger partial charge in [0.25, 0.3) is 0 Å². The van der Waals surface area contributed by atoms with Crippen LogP contribution in [0, 0.1) is 0 Å². The molecule has 0 aliphatic rings. The minimum Gasteiger partial charge on any atom is -0.412 e. The molecule has 16 nitrogen and oxygen atoms in total. The minimum atomic E-state index is -4.67. The first-order chi connectivity index (χ1) is 4.00. The van der Waals surface area contributed by atoms with Crippen molar-refractivity contribution in [3.05, 3.63) is 0 Å². The molecule has 0 rings (SSSR count). The van der Waals surface area contributed by atoms with Crippen molar-refractivity contribution < 1.29 is 85.0 Å². The minimum absolute atomic E-state index is 0. The summed E-state index contributed by atoms with van der Waals surface area (Å²) < 4.78 is 63.2. The molecule has 1 radical (unpaired) electrons. The van der Waals surface area contributed by atoms with Crippen LogP contribution in [0.5, 0.6) is 0 Å². The molecule has 0 aromatic carbocycles. The maximum Gasteiger partial charge on any atom is 3.00 e. The van der Waals surface area contributed by atoms with E-state index in [1.165, 1.54) is 0 Å². The van der Waals surface area contributed by atoms with E-state index in [0.29, 0.717) is 0 Å². The third-order valence-corrected chi connectivity index (χ3v) is 0. The van der Waals surface area contributed by atoms with E-state index in [1.807, 2.05) is 0 Å². The van der Waals surface area contributed by atoms with E-state index in [0.717, 1.165) is 0 Å². The maximum absolute atomic E-state index is 8.74. The molecule has 0 bridgehead atoms. The van der Waals surface area contributed by atoms with Gasteiger partial charge >= 0.3 is 37.9 Å². The van der Waals surface area contributed by atoms with Crippen molar-refractivity contribution in [1.29, 1.82) is 0 Å². The van der Waals surface area contributed by atoms with Crippen LogP contribution >= 0.6 is 0 Å². The summed E-state index contributed by atoms with van der Waals surface area (Å²) in [7, 11) is -9.33. The summed E-state index contributed by atoms with van der Waals surface area (Å²) in [4.78, 5) is 0. The van der Waals surface area contributed by atoms with Gasteiger partial charge in [0, 0.05) is 0 Å². The molecular weight excluding hydrogens is 372 g/mol. The van der Waals surface area contributed by atoms with Crippen molar-refractivity contribution in [1.82, 2.24) is 12.3 Å². The summed E-state index contributed by atoms with van der Waals surface area (Å²) in [5.41, 5.74) is 0. The van der Waals surface area contributed by atoms with Crippen LogP contribution in [0.15, 0.2) is 0 Å². The fraction of sp³-hybridized carbons (Fsp3) is 0. The van der Waals surface area contributed by atoms with Crippen molar-refractivity contribution >= 4 is 20.8 Å². The normalized spacial score (nSPS) is 6.11. The molecule has 0 aromatic rings. The Kier molecular flexibility index (Phi) is 184. The van der Waals surface area contributed by atoms with Crippen molar-refractivity contribution in [2.45, 2.75) is 0 Å². The zero-order chi connectivity index (χ0) is 9.00. The SMILES string of the molecule is N.N.O.O.O.O.O.O.O=S(=O)(O)O.O=S(=O)(O)O.[Fe+3]. The Balaban J connectivity index is -0.00000000508. The molecule has 0 fully saturated rings. The first-order valence-electron chi connectivity index (χ1n) is 1.40. The molecule has 0 aliphatic carbocycles. The molecule has 0 amide bonds. The number of hydrogen-bond acceptors (Lipinski definition) is 6. The second-order valence-electron chi connectivity index (χ2n) is 0.896. The summed E-state index contributed by atoms with van der Waals surface area (Å²) in [6.07, 6.45) is 0. The molecule has 0 heterocycles. The van der Waals surface area contributed by atoms with E-state index in [-0.39, 0.29) is 62.2 Å². The monoisotopic (exact) mass is 394 g/mol. The fourth-order valence-electron chi connectivity index (χ4n) is 0. The predicted molar refractivity (Wildman–Crippen MR) is 60.1 cm³/mol. The van der Waals surface area contributed by atoms with Gasteiger partial charge in [-0.25, -0.2) is 0 Å². The van der Waals surface area contributed by atoms with Gasteiger partial charge in [0.15, 0.2) is 0 Å². The van der Waals surface area contributed by atoms with Crippen LogP contribution in [0.2, 0.25) is 0 Å². The maximum atomic E-state index is 8.74. The third kappa shape index (κ3) is 1240000. The molecule has 0 spiro atoms. The summed E-state index contributed by atoms with van der Waals surface area (Å²) in [6.45, 7) is 0. The van der Waals surface area contributed by atoms with Crippen LogP contribution in [0.1, 0.15) is 0 Å². The molecule has 0 unspecified atom stereocenters. The zero-order valence-electron chi connectivity index (χ0n) is 9.01. The first kappa shape index (κ1) is 96.7. The first-order valence-corrected chi connectivity index (χ1v) is 4.19. The smallest absolute Gasteiger partial charge is 0.412 e. The van der Waals surface area contributed by atoms with Crippen molar-refractivity contribution in [2.75, 3.05) is 0 Å². The summed E-state index contributed by atoms with van der Waals surface area (Å²) >= 11 is 0. The second-order valence-corrected chi connectivity index (χ2v) is 2.69. The standard InChI is InChI=1S/Fe.2H3N.2H2O4S.6H2O/c;;;2*1-5(2,3)4;;;;;;/h;2*1H3;2*(H2,1,2,3,4);6*1H2/q+3;;;;;;;;;;. The van der Waals surface area contributed by atoms with Gasteiger partial charge < -0.3 is 45.2 Å². The van der Waals surface area contributed by atoms with E-state index >= 15 is 0 Å². The van der Waals surface area contributed by atoms with Crippen LogP contribution in [-0.4, -0.2) is 67.9 Å². The molecule has 0 atom stereocenters. The van der Waals surface area contributed by atoms with Crippen molar-refractivity contribution in [2.24, 2.45) is 0 Å². The van der Waals surface area contributed by atoms with Gasteiger partial charge in [0.1, 0.15) is 0 Å². The fourth-order valence-corrected chi connectivity index (χ4v) is 0. The van der Waals surface area contributed by atoms with Gasteiger partial charge in [-0.3, -0.25) is 18.2 Å². The Bertz CT molecular complexity index is 220. The van der Waals surface area contributed by atoms with E-state index < -0.39 is 20.8 Å². The largest absolute Gasteiger partial charge is 3.00 e. The molecule has 0 saturated carbocycles. The quantitative estimate of drug-likeness (QED) is 0.167. The Labute approximate surface area is 118 Å². The zero-order valence-corrected chi connectivity index (χ0v) is 11.7. The van der Waals surface area contributed by atoms with Gasteiger partial charge in [-0.1, -0.05) is 0 Å². The Morgan fingerprint density at radius 3 is 0.474 bits per heavy atom. The van der Waals surface area contributed by atoms with Crippen LogP contribution in [0.4, 0.5) is 0 Å². The molecule has 133 valence electrons. The Morgan fingerprint density at radius 2 is 0.474 bits per heavy atom. The molecule has 0 aliphatic heterocycles. The summed E-state index contributed by atoms with van der Waals surface area (Å²) in [6, 6.07) is 0. The predicted octanol–water partition coefficient (Wildman–Crippen LogP) is -5.93. The Morgan fingerprint density at radius 1 is 0.474 bits per heavy atom. The van der Waals surface area contributed by atoms with Gasteiger partial charge in [0.2, 0.25) is 0 Å². The van der Waals surface area contributed by atoms with Crippen LogP contribution in [0.25, 0.3) is 0 Å². The molecule has 0 aromatic heterocycles. The summed E-state index contributed by atoms with van der Waals surface area (Å²) in [5.74, 6) is 0. The molecule has 19 heteroatoms. The molecule has 19 heavy (non-hydrogen) atoms. The van der Waals surface area contributed by atoms with E-state index in [2.05, 4.69) is 0 Å². The average molecular weight is 394 g/mol. The van der Waals surface area contributed by atoms with Crippen LogP contribution < -0.4 is 12.3 Å². The molecule has 0 saturated heterocycles. The second kappa shape index (κ2) is 36.1. The van der Waals surface area contributed by atoms with Crippen LogP contribution in [0.3, 0.4) is 0 Å². The molecular formula is H22FeN2O14S2+3. The van der Waals surface area contributed by atoms with Gasteiger partial charge in [0.05, 0.1) is 0 Å². The van der Waals surface area contributed by atoms with Crippen molar-refractivity contribution in [3.63, 3.8) is 0 Å². The van der Waals surface area contributed by atoms with Crippen LogP contribution in [-0.2, 0) is 37.9 Å². The number of rotatable bonds is 0. The third-order valence-electron chi connectivity index (χ3n) is 0. The van der Waals surface area contributed by atoms with E-state index in [4.69, 9.17) is 35.0 Å². The number of hydrogen-bond donors (Lipinski definition) is 6.